The molecular formula is C44H36N2. The smallest absolute Gasteiger partial charge is 0.0906 e. The Bertz CT molecular complexity index is 2390. The molecule has 2 aliphatic carbocycles. The second-order valence-electron chi connectivity index (χ2n) is 14.3. The van der Waals surface area contributed by atoms with Gasteiger partial charge in [-0.25, -0.2) is 0 Å². The molecule has 0 fully saturated rings. The molecule has 222 valence electrons. The molecule has 2 aliphatic heterocycles. The second kappa shape index (κ2) is 8.59. The lowest BCUT2D eigenvalue weighted by atomic mass is 9.51. The number of aromatic nitrogens is 1. The maximum atomic E-state index is 2.66. The van der Waals surface area contributed by atoms with Crippen molar-refractivity contribution in [1.82, 2.24) is 4.57 Å². The Balaban J connectivity index is 1.31. The van der Waals surface area contributed by atoms with Crippen LogP contribution in [0.3, 0.4) is 0 Å². The van der Waals surface area contributed by atoms with E-state index in [4.69, 9.17) is 0 Å². The van der Waals surface area contributed by atoms with E-state index in [-0.39, 0.29) is 16.4 Å². The van der Waals surface area contributed by atoms with Gasteiger partial charge in [-0.1, -0.05) is 104 Å². The van der Waals surface area contributed by atoms with E-state index in [1.807, 2.05) is 0 Å². The number of rotatable bonds is 2. The monoisotopic (exact) mass is 592 g/mol. The number of allylic oxidation sites excluding steroid dienone is 4. The van der Waals surface area contributed by atoms with Crippen molar-refractivity contribution < 1.29 is 0 Å². The van der Waals surface area contributed by atoms with E-state index in [1.165, 1.54) is 61.1 Å². The van der Waals surface area contributed by atoms with Crippen molar-refractivity contribution in [2.24, 2.45) is 5.92 Å². The Morgan fingerprint density at radius 1 is 0.630 bits per heavy atom. The van der Waals surface area contributed by atoms with Crippen LogP contribution < -0.4 is 4.90 Å². The van der Waals surface area contributed by atoms with Crippen LogP contribution in [0, 0.1) is 5.92 Å². The van der Waals surface area contributed by atoms with E-state index in [0.717, 1.165) is 0 Å². The van der Waals surface area contributed by atoms with Crippen LogP contribution in [0.4, 0.5) is 11.4 Å². The molecule has 0 spiro atoms. The summed E-state index contributed by atoms with van der Waals surface area (Å²) in [6.07, 6.45) is 7.64. The van der Waals surface area contributed by atoms with Gasteiger partial charge in [-0.05, 0) is 97.0 Å². The normalized spacial score (nSPS) is 27.1. The van der Waals surface area contributed by atoms with E-state index in [1.54, 1.807) is 11.1 Å². The molecule has 4 unspecified atom stereocenters. The molecule has 10 rings (SSSR count). The zero-order chi connectivity index (χ0) is 31.0. The van der Waals surface area contributed by atoms with Crippen molar-refractivity contribution >= 4 is 38.8 Å². The average molecular weight is 593 g/mol. The third kappa shape index (κ3) is 2.94. The molecule has 3 heterocycles. The lowest BCUT2D eigenvalue weighted by Gasteiger charge is -2.59. The molecular weight excluding hydrogens is 556 g/mol. The van der Waals surface area contributed by atoms with Gasteiger partial charge in [-0.2, -0.15) is 0 Å². The zero-order valence-electron chi connectivity index (χ0n) is 26.8. The molecule has 4 aliphatic rings. The molecule has 0 bridgehead atoms. The van der Waals surface area contributed by atoms with E-state index >= 15 is 0 Å². The van der Waals surface area contributed by atoms with Crippen molar-refractivity contribution in [3.8, 4) is 5.69 Å². The molecule has 6 aromatic rings. The van der Waals surface area contributed by atoms with Gasteiger partial charge in [-0.15, -0.1) is 0 Å². The molecule has 2 nitrogen and oxygen atoms in total. The Morgan fingerprint density at radius 2 is 1.33 bits per heavy atom. The molecule has 4 atom stereocenters. The SMILES string of the molecule is CC1C=CC2(C)C3=C1C(C)(c1ccc4c(c1)c1ccccc1n4-c1ccccc1)C=C1c4ccccc4N(c4ccccc42)C13C. The third-order valence-corrected chi connectivity index (χ3v) is 11.8. The molecule has 0 radical (unpaired) electrons. The zero-order valence-corrected chi connectivity index (χ0v) is 26.8. The van der Waals surface area contributed by atoms with Crippen LogP contribution in [0.15, 0.2) is 151 Å². The highest BCUT2D eigenvalue weighted by atomic mass is 15.3. The minimum atomic E-state index is -0.296. The van der Waals surface area contributed by atoms with E-state index in [2.05, 4.69) is 177 Å². The Kier molecular flexibility index (Phi) is 4.88. The average Bonchev–Trinajstić information content (AvgIpc) is 3.55. The number of hydrogen-bond acceptors (Lipinski definition) is 1. The molecule has 46 heavy (non-hydrogen) atoms. The van der Waals surface area contributed by atoms with Gasteiger partial charge in [0, 0.05) is 44.2 Å². The van der Waals surface area contributed by atoms with E-state index in [0.29, 0.717) is 5.92 Å². The highest BCUT2D eigenvalue weighted by Gasteiger charge is 2.62. The van der Waals surface area contributed by atoms with E-state index in [9.17, 15) is 0 Å². The van der Waals surface area contributed by atoms with Gasteiger partial charge in [0.25, 0.3) is 0 Å². The van der Waals surface area contributed by atoms with Gasteiger partial charge in [0.1, 0.15) is 0 Å². The summed E-state index contributed by atoms with van der Waals surface area (Å²) in [5.74, 6) is 0.305. The van der Waals surface area contributed by atoms with Crippen LogP contribution >= 0.6 is 0 Å². The van der Waals surface area contributed by atoms with Crippen molar-refractivity contribution in [3.63, 3.8) is 0 Å². The number of nitrogens with zero attached hydrogens (tertiary/aromatic N) is 2. The summed E-state index contributed by atoms with van der Waals surface area (Å²) in [6, 6.07) is 45.1. The Hall–Kier alpha value is -5.08. The minimum absolute atomic E-state index is 0.208. The van der Waals surface area contributed by atoms with Crippen molar-refractivity contribution in [1.29, 1.82) is 0 Å². The summed E-state index contributed by atoms with van der Waals surface area (Å²) < 4.78 is 2.42. The van der Waals surface area contributed by atoms with Gasteiger partial charge in [0.05, 0.1) is 16.6 Å². The van der Waals surface area contributed by atoms with Gasteiger partial charge in [-0.3, -0.25) is 0 Å². The largest absolute Gasteiger partial charge is 0.327 e. The first-order valence-electron chi connectivity index (χ1n) is 16.6. The summed E-state index contributed by atoms with van der Waals surface area (Å²) in [5, 5.41) is 2.60. The predicted molar refractivity (Wildman–Crippen MR) is 192 cm³/mol. The third-order valence-electron chi connectivity index (χ3n) is 11.8. The molecule has 0 saturated carbocycles. The fourth-order valence-electron chi connectivity index (χ4n) is 9.97. The number of fused-ring (bicyclic) bond motifs is 9. The van der Waals surface area contributed by atoms with Gasteiger partial charge < -0.3 is 9.47 Å². The summed E-state index contributed by atoms with van der Waals surface area (Å²) >= 11 is 0. The quantitative estimate of drug-likeness (QED) is 0.182. The van der Waals surface area contributed by atoms with Gasteiger partial charge in [0.2, 0.25) is 0 Å². The van der Waals surface area contributed by atoms with Crippen LogP contribution in [0.2, 0.25) is 0 Å². The Labute approximate surface area is 270 Å². The molecule has 0 amide bonds. The lowest BCUT2D eigenvalue weighted by Crippen LogP contribution is -2.57. The number of benzene rings is 5. The first kappa shape index (κ1) is 26.2. The van der Waals surface area contributed by atoms with Crippen molar-refractivity contribution in [2.45, 2.75) is 44.1 Å². The maximum Gasteiger partial charge on any atom is 0.0906 e. The summed E-state index contributed by atoms with van der Waals surface area (Å²) in [6.45, 7) is 9.85. The molecule has 0 saturated heterocycles. The molecule has 0 N–H and O–H groups in total. The fraction of sp³-hybridized carbons (Fsp3) is 0.182. The summed E-state index contributed by atoms with van der Waals surface area (Å²) in [7, 11) is 0. The molecule has 1 aromatic heterocycles. The van der Waals surface area contributed by atoms with Crippen molar-refractivity contribution in [2.75, 3.05) is 4.90 Å². The first-order chi connectivity index (χ1) is 22.4. The molecule has 2 heteroatoms. The van der Waals surface area contributed by atoms with Crippen LogP contribution in [0.1, 0.15) is 44.4 Å². The topological polar surface area (TPSA) is 8.17 Å². The fourth-order valence-corrected chi connectivity index (χ4v) is 9.97. The van der Waals surface area contributed by atoms with Crippen LogP contribution in [-0.2, 0) is 10.8 Å². The Morgan fingerprint density at radius 3 is 2.17 bits per heavy atom. The highest BCUT2D eigenvalue weighted by molar-refractivity contribution is 6.10. The first-order valence-corrected chi connectivity index (χ1v) is 16.6. The lowest BCUT2D eigenvalue weighted by molar-refractivity contribution is 0.457. The van der Waals surface area contributed by atoms with Crippen molar-refractivity contribution in [3.05, 3.63) is 167 Å². The summed E-state index contributed by atoms with van der Waals surface area (Å²) in [5.41, 5.74) is 14.2. The van der Waals surface area contributed by atoms with Crippen LogP contribution in [0.25, 0.3) is 33.1 Å². The van der Waals surface area contributed by atoms with E-state index < -0.39 is 0 Å². The second-order valence-corrected chi connectivity index (χ2v) is 14.3. The predicted octanol–water partition coefficient (Wildman–Crippen LogP) is 10.8. The number of para-hydroxylation sites is 4. The van der Waals surface area contributed by atoms with Crippen LogP contribution in [-0.4, -0.2) is 10.1 Å². The number of anilines is 2. The number of hydrogen-bond donors (Lipinski definition) is 0. The summed E-state index contributed by atoms with van der Waals surface area (Å²) in [4.78, 5) is 2.66. The minimum Gasteiger partial charge on any atom is -0.327 e. The van der Waals surface area contributed by atoms with Crippen LogP contribution in [0.5, 0.6) is 0 Å². The molecule has 5 aromatic carbocycles. The van der Waals surface area contributed by atoms with Gasteiger partial charge in [0.15, 0.2) is 0 Å². The standard InChI is InChI=1S/C44H36N2/c1-28-24-25-42(2)34-18-10-13-21-39(34)46-38-20-12-9-17-32(38)35-27-43(3,40(28)41(42)44(35,46)4)29-22-23-37-33(26-29)31-16-8-11-19-36(31)45(37)30-14-6-5-7-15-30/h5-28H,1-4H3. The maximum absolute atomic E-state index is 2.66. The highest BCUT2D eigenvalue weighted by Crippen LogP contribution is 2.69. The van der Waals surface area contributed by atoms with Gasteiger partial charge >= 0.3 is 0 Å².